The molecule has 86 valence electrons. The summed E-state index contributed by atoms with van der Waals surface area (Å²) in [5, 5.41) is 13.3. The highest BCUT2D eigenvalue weighted by Crippen LogP contribution is 2.21. The second-order valence-corrected chi connectivity index (χ2v) is 4.15. The van der Waals surface area contributed by atoms with Crippen LogP contribution in [0, 0.1) is 0 Å². The molecule has 4 nitrogen and oxygen atoms in total. The molecule has 16 heavy (non-hydrogen) atoms. The average molecular weight is 239 g/mol. The molecule has 1 rings (SSSR count). The Balaban J connectivity index is 2.72. The molecule has 0 aliphatic rings. The van der Waals surface area contributed by atoms with Gasteiger partial charge in [-0.25, -0.2) is 0 Å². The number of hydrogen-bond acceptors (Lipinski definition) is 3. The van der Waals surface area contributed by atoms with Crippen molar-refractivity contribution in [3.05, 3.63) is 34.5 Å². The molecule has 0 fully saturated rings. The zero-order chi connectivity index (χ0) is 12.0. The van der Waals surface area contributed by atoms with Crippen molar-refractivity contribution in [1.82, 2.24) is 5.32 Å². The van der Waals surface area contributed by atoms with E-state index in [4.69, 9.17) is 5.11 Å². The third-order valence-corrected chi connectivity index (χ3v) is 2.89. The number of carbonyl (C=O) groups excluding carboxylic acids is 1. The van der Waals surface area contributed by atoms with Gasteiger partial charge in [-0.3, -0.25) is 9.59 Å². The SMILES string of the molecule is CC=CC(=O)NC(CC(=O)O)c1cccs1. The third-order valence-electron chi connectivity index (χ3n) is 1.90. The summed E-state index contributed by atoms with van der Waals surface area (Å²) in [4.78, 5) is 22.9. The first-order valence-corrected chi connectivity index (χ1v) is 5.70. The van der Waals surface area contributed by atoms with E-state index in [1.54, 1.807) is 13.0 Å². The lowest BCUT2D eigenvalue weighted by molar-refractivity contribution is -0.137. The summed E-state index contributed by atoms with van der Waals surface area (Å²) in [5.41, 5.74) is 0. The highest BCUT2D eigenvalue weighted by atomic mass is 32.1. The maximum Gasteiger partial charge on any atom is 0.305 e. The summed E-state index contributed by atoms with van der Waals surface area (Å²) < 4.78 is 0. The monoisotopic (exact) mass is 239 g/mol. The minimum absolute atomic E-state index is 0.107. The molecule has 1 aromatic heterocycles. The molecule has 1 amide bonds. The van der Waals surface area contributed by atoms with E-state index in [1.807, 2.05) is 17.5 Å². The van der Waals surface area contributed by atoms with Crippen molar-refractivity contribution in [2.75, 3.05) is 0 Å². The number of aliphatic carboxylic acids is 1. The van der Waals surface area contributed by atoms with Crippen molar-refractivity contribution in [3.63, 3.8) is 0 Å². The number of carboxylic acid groups (broad SMARTS) is 1. The van der Waals surface area contributed by atoms with Gasteiger partial charge in [0, 0.05) is 4.88 Å². The Morgan fingerprint density at radius 1 is 1.62 bits per heavy atom. The van der Waals surface area contributed by atoms with Gasteiger partial charge in [0.15, 0.2) is 0 Å². The lowest BCUT2D eigenvalue weighted by Gasteiger charge is -2.13. The normalized spacial score (nSPS) is 12.6. The molecular formula is C11H13NO3S. The number of hydrogen-bond donors (Lipinski definition) is 2. The van der Waals surface area contributed by atoms with E-state index in [0.717, 1.165) is 4.88 Å². The fraction of sp³-hybridized carbons (Fsp3) is 0.273. The molecule has 0 bridgehead atoms. The molecule has 0 aliphatic heterocycles. The average Bonchev–Trinajstić information content (AvgIpc) is 2.68. The maximum absolute atomic E-state index is 11.3. The van der Waals surface area contributed by atoms with Crippen molar-refractivity contribution in [1.29, 1.82) is 0 Å². The van der Waals surface area contributed by atoms with Crippen LogP contribution in [0.2, 0.25) is 0 Å². The fourth-order valence-corrected chi connectivity index (χ4v) is 2.04. The molecule has 1 heterocycles. The highest BCUT2D eigenvalue weighted by Gasteiger charge is 2.17. The molecule has 0 aromatic carbocycles. The lowest BCUT2D eigenvalue weighted by atomic mass is 10.1. The first-order chi connectivity index (χ1) is 7.63. The van der Waals surface area contributed by atoms with Crippen molar-refractivity contribution >= 4 is 23.2 Å². The molecule has 0 aliphatic carbocycles. The van der Waals surface area contributed by atoms with Crippen LogP contribution in [0.25, 0.3) is 0 Å². The second-order valence-electron chi connectivity index (χ2n) is 3.17. The summed E-state index contributed by atoms with van der Waals surface area (Å²) >= 11 is 1.43. The van der Waals surface area contributed by atoms with Crippen LogP contribution < -0.4 is 5.32 Å². The van der Waals surface area contributed by atoms with Gasteiger partial charge in [-0.2, -0.15) is 0 Å². The van der Waals surface area contributed by atoms with E-state index in [-0.39, 0.29) is 12.3 Å². The Hall–Kier alpha value is -1.62. The van der Waals surface area contributed by atoms with Crippen molar-refractivity contribution in [2.24, 2.45) is 0 Å². The summed E-state index contributed by atoms with van der Waals surface area (Å²) in [6, 6.07) is 3.19. The standard InChI is InChI=1S/C11H13NO3S/c1-2-4-10(13)12-8(7-11(14)15)9-5-3-6-16-9/h2-6,8H,7H2,1H3,(H,12,13)(H,14,15). The molecular weight excluding hydrogens is 226 g/mol. The van der Waals surface area contributed by atoms with E-state index in [1.165, 1.54) is 17.4 Å². The topological polar surface area (TPSA) is 66.4 Å². The van der Waals surface area contributed by atoms with Crippen LogP contribution in [-0.4, -0.2) is 17.0 Å². The Morgan fingerprint density at radius 2 is 2.38 bits per heavy atom. The van der Waals surface area contributed by atoms with Crippen LogP contribution in [0.1, 0.15) is 24.3 Å². The Kier molecular flexibility index (Phi) is 4.72. The molecule has 0 saturated carbocycles. The van der Waals surface area contributed by atoms with Crippen LogP contribution in [0.3, 0.4) is 0 Å². The van der Waals surface area contributed by atoms with Crippen molar-refractivity contribution in [2.45, 2.75) is 19.4 Å². The highest BCUT2D eigenvalue weighted by molar-refractivity contribution is 7.10. The van der Waals surface area contributed by atoms with E-state index >= 15 is 0 Å². The van der Waals surface area contributed by atoms with Gasteiger partial charge in [-0.1, -0.05) is 12.1 Å². The van der Waals surface area contributed by atoms with Crippen LogP contribution in [-0.2, 0) is 9.59 Å². The van der Waals surface area contributed by atoms with Crippen LogP contribution >= 0.6 is 11.3 Å². The summed E-state index contributed by atoms with van der Waals surface area (Å²) in [6.07, 6.45) is 2.88. The van der Waals surface area contributed by atoms with E-state index in [0.29, 0.717) is 0 Å². The van der Waals surface area contributed by atoms with Gasteiger partial charge in [-0.05, 0) is 24.4 Å². The minimum Gasteiger partial charge on any atom is -0.481 e. The molecule has 1 unspecified atom stereocenters. The molecule has 0 spiro atoms. The number of rotatable bonds is 5. The largest absolute Gasteiger partial charge is 0.481 e. The van der Waals surface area contributed by atoms with Gasteiger partial charge >= 0.3 is 5.97 Å². The lowest BCUT2D eigenvalue weighted by Crippen LogP contribution is -2.28. The number of carbonyl (C=O) groups is 2. The Labute approximate surface area is 97.6 Å². The quantitative estimate of drug-likeness (QED) is 0.772. The maximum atomic E-state index is 11.3. The van der Waals surface area contributed by atoms with Crippen molar-refractivity contribution < 1.29 is 14.7 Å². The van der Waals surface area contributed by atoms with Gasteiger partial charge in [0.05, 0.1) is 12.5 Å². The van der Waals surface area contributed by atoms with Gasteiger partial charge in [0.1, 0.15) is 0 Å². The molecule has 2 N–H and O–H groups in total. The number of nitrogens with one attached hydrogen (secondary N) is 1. The summed E-state index contributed by atoms with van der Waals surface area (Å²) in [6.45, 7) is 1.73. The second kappa shape index (κ2) is 6.07. The van der Waals surface area contributed by atoms with E-state index in [9.17, 15) is 9.59 Å². The minimum atomic E-state index is -0.931. The zero-order valence-corrected chi connectivity index (χ0v) is 9.66. The molecule has 0 radical (unpaired) electrons. The van der Waals surface area contributed by atoms with Crippen LogP contribution in [0.4, 0.5) is 0 Å². The molecule has 1 atom stereocenters. The van der Waals surface area contributed by atoms with Gasteiger partial charge in [-0.15, -0.1) is 11.3 Å². The predicted octanol–water partition coefficient (Wildman–Crippen LogP) is 1.96. The Bertz CT molecular complexity index is 384. The number of carboxylic acids is 1. The van der Waals surface area contributed by atoms with Gasteiger partial charge in [0.2, 0.25) is 5.91 Å². The molecule has 5 heteroatoms. The molecule has 1 aromatic rings. The summed E-state index contributed by atoms with van der Waals surface area (Å²) in [7, 11) is 0. The van der Waals surface area contributed by atoms with Crippen LogP contribution in [0.15, 0.2) is 29.7 Å². The van der Waals surface area contributed by atoms with Gasteiger partial charge in [0.25, 0.3) is 0 Å². The van der Waals surface area contributed by atoms with Crippen molar-refractivity contribution in [3.8, 4) is 0 Å². The summed E-state index contributed by atoms with van der Waals surface area (Å²) in [5.74, 6) is -1.21. The van der Waals surface area contributed by atoms with Gasteiger partial charge < -0.3 is 10.4 Å². The third kappa shape index (κ3) is 3.86. The zero-order valence-electron chi connectivity index (χ0n) is 8.84. The number of amides is 1. The van der Waals surface area contributed by atoms with E-state index < -0.39 is 12.0 Å². The Morgan fingerprint density at radius 3 is 2.88 bits per heavy atom. The first kappa shape index (κ1) is 12.4. The smallest absolute Gasteiger partial charge is 0.305 e. The fourth-order valence-electron chi connectivity index (χ4n) is 1.26. The number of thiophene rings is 1. The van der Waals surface area contributed by atoms with Crippen LogP contribution in [0.5, 0.6) is 0 Å². The number of allylic oxidation sites excluding steroid dienone is 1. The predicted molar refractivity (Wildman–Crippen MR) is 62.3 cm³/mol. The first-order valence-electron chi connectivity index (χ1n) is 4.82. The van der Waals surface area contributed by atoms with E-state index in [2.05, 4.69) is 5.32 Å². The molecule has 0 saturated heterocycles.